The molecule has 2 aliphatic rings. The molecular formula is C23H19BClF4NO2S. The van der Waals surface area contributed by atoms with Crippen LogP contribution in [0.15, 0.2) is 53.6 Å². The first-order chi connectivity index (χ1) is 15.2. The molecule has 10 heteroatoms. The van der Waals surface area contributed by atoms with Gasteiger partial charge >= 0.3 is 0 Å². The molecule has 172 valence electrons. The Balaban J connectivity index is 1.71. The van der Waals surface area contributed by atoms with Gasteiger partial charge in [-0.3, -0.25) is 4.39 Å². The maximum absolute atomic E-state index is 16.5. The Morgan fingerprint density at radius 1 is 1.06 bits per heavy atom. The summed E-state index contributed by atoms with van der Waals surface area (Å²) in [6, 6.07) is 9.32. The third kappa shape index (κ3) is 3.33. The molecule has 0 amide bonds. The van der Waals surface area contributed by atoms with Crippen molar-refractivity contribution in [3.8, 4) is 0 Å². The van der Waals surface area contributed by atoms with Crippen molar-refractivity contribution >= 4 is 40.4 Å². The maximum atomic E-state index is 16.5. The van der Waals surface area contributed by atoms with Crippen LogP contribution < -0.4 is 0 Å². The smallest absolute Gasteiger partial charge is 0.250 e. The molecule has 2 aliphatic carbocycles. The van der Waals surface area contributed by atoms with Gasteiger partial charge in [-0.25, -0.2) is 25.6 Å². The van der Waals surface area contributed by atoms with Crippen molar-refractivity contribution in [3.05, 3.63) is 64.8 Å². The third-order valence-electron chi connectivity index (χ3n) is 6.94. The Hall–Kier alpha value is -2.00. The van der Waals surface area contributed by atoms with Crippen LogP contribution in [0.4, 0.5) is 17.6 Å². The zero-order chi connectivity index (χ0) is 24.0. The first kappa shape index (κ1) is 22.8. The zero-order valence-electron chi connectivity index (χ0n) is 17.6. The predicted molar refractivity (Wildman–Crippen MR) is 119 cm³/mol. The minimum absolute atomic E-state index is 0.0752. The van der Waals surface area contributed by atoms with Crippen LogP contribution in [0.3, 0.4) is 0 Å². The van der Waals surface area contributed by atoms with Gasteiger partial charge in [-0.2, -0.15) is 0 Å². The molecule has 1 heterocycles. The number of rotatable bonds is 4. The number of halogens is 5. The van der Waals surface area contributed by atoms with Crippen LogP contribution in [0.5, 0.6) is 0 Å². The monoisotopic (exact) mass is 495 g/mol. The van der Waals surface area contributed by atoms with Gasteiger partial charge in [0.1, 0.15) is 13.5 Å². The number of hydrogen-bond acceptors (Lipinski definition) is 2. The Labute approximate surface area is 195 Å². The van der Waals surface area contributed by atoms with E-state index >= 15 is 4.39 Å². The van der Waals surface area contributed by atoms with Gasteiger partial charge in [-0.1, -0.05) is 29.8 Å². The van der Waals surface area contributed by atoms with Crippen molar-refractivity contribution in [1.82, 2.24) is 3.97 Å². The molecule has 2 aromatic carbocycles. The minimum Gasteiger partial charge on any atom is -0.250 e. The summed E-state index contributed by atoms with van der Waals surface area (Å²) in [5.74, 6) is -3.20. The van der Waals surface area contributed by atoms with Crippen molar-refractivity contribution in [2.24, 2.45) is 5.41 Å². The summed E-state index contributed by atoms with van der Waals surface area (Å²) < 4.78 is 87.0. The van der Waals surface area contributed by atoms with Gasteiger partial charge in [0.15, 0.2) is 0 Å². The Bertz CT molecular complexity index is 1380. The van der Waals surface area contributed by atoms with Crippen LogP contribution >= 0.6 is 11.6 Å². The molecule has 3 aromatic rings. The topological polar surface area (TPSA) is 39.1 Å². The summed E-state index contributed by atoms with van der Waals surface area (Å²) in [6.45, 7) is 1.13. The molecule has 2 saturated carbocycles. The molecular weight excluding hydrogens is 477 g/mol. The van der Waals surface area contributed by atoms with Gasteiger partial charge in [-0.05, 0) is 49.6 Å². The van der Waals surface area contributed by atoms with Crippen LogP contribution in [0.25, 0.3) is 10.9 Å². The van der Waals surface area contributed by atoms with Gasteiger partial charge in [0.05, 0.1) is 27.4 Å². The zero-order valence-corrected chi connectivity index (χ0v) is 19.2. The summed E-state index contributed by atoms with van der Waals surface area (Å²) in [4.78, 5) is -0.190. The first-order valence-corrected chi connectivity index (χ1v) is 12.2. The van der Waals surface area contributed by atoms with Crippen LogP contribution in [0, 0.1) is 5.41 Å². The minimum atomic E-state index is -4.29. The lowest BCUT2D eigenvalue weighted by molar-refractivity contribution is -0.0101. The lowest BCUT2D eigenvalue weighted by Crippen LogP contribution is -2.27. The largest absolute Gasteiger partial charge is 0.268 e. The van der Waals surface area contributed by atoms with E-state index in [4.69, 9.17) is 19.4 Å². The summed E-state index contributed by atoms with van der Waals surface area (Å²) >= 11 is 6.35. The van der Waals surface area contributed by atoms with Crippen LogP contribution in [-0.4, -0.2) is 26.2 Å². The van der Waals surface area contributed by atoms with E-state index in [0.717, 1.165) is 17.1 Å². The van der Waals surface area contributed by atoms with Crippen molar-refractivity contribution in [3.63, 3.8) is 0 Å². The highest BCUT2D eigenvalue weighted by molar-refractivity contribution is 7.90. The van der Waals surface area contributed by atoms with E-state index < -0.39 is 45.4 Å². The van der Waals surface area contributed by atoms with Crippen LogP contribution in [0.1, 0.15) is 43.7 Å². The average Bonchev–Trinajstić information content (AvgIpc) is 3.30. The highest BCUT2D eigenvalue weighted by atomic mass is 35.5. The van der Waals surface area contributed by atoms with Gasteiger partial charge in [0, 0.05) is 29.0 Å². The van der Waals surface area contributed by atoms with Crippen LogP contribution in [0.2, 0.25) is 5.02 Å². The summed E-state index contributed by atoms with van der Waals surface area (Å²) in [6.07, 6.45) is 0.0636. The Morgan fingerprint density at radius 3 is 2.27 bits per heavy atom. The highest BCUT2D eigenvalue weighted by Crippen LogP contribution is 2.73. The Morgan fingerprint density at radius 2 is 1.70 bits per heavy atom. The maximum Gasteiger partial charge on any atom is 0.268 e. The number of hydrogen-bond donors (Lipinski definition) is 0. The summed E-state index contributed by atoms with van der Waals surface area (Å²) in [5.41, 5.74) is -5.78. The molecule has 5 rings (SSSR count). The fourth-order valence-electron chi connectivity index (χ4n) is 5.13. The van der Waals surface area contributed by atoms with Gasteiger partial charge in [0.25, 0.3) is 15.9 Å². The van der Waals surface area contributed by atoms with E-state index in [1.165, 1.54) is 42.5 Å². The van der Waals surface area contributed by atoms with Crippen molar-refractivity contribution in [1.29, 1.82) is 0 Å². The lowest BCUT2D eigenvalue weighted by atomic mass is 9.79. The highest BCUT2D eigenvalue weighted by Gasteiger charge is 2.72. The summed E-state index contributed by atoms with van der Waals surface area (Å²) in [7, 11) is 1.14. The van der Waals surface area contributed by atoms with E-state index in [9.17, 15) is 21.6 Å². The van der Waals surface area contributed by atoms with E-state index in [1.54, 1.807) is 0 Å². The molecule has 1 aromatic heterocycles. The molecule has 0 aliphatic heterocycles. The molecule has 0 N–H and O–H groups in total. The standard InChI is InChI=1S/C23H19BClF4NO2S/c1-20(24,26)14-5-7-15(8-6-14)33(31,32)30-11-16(19-17(25)3-2-4-18(19)30)23(29)13-22(27,28)12-21(23)9-10-21/h2-8,11H,9-10,12-13H2,1H3. The second kappa shape index (κ2) is 6.78. The molecule has 0 saturated heterocycles. The molecule has 2 unspecified atom stereocenters. The second-order valence-electron chi connectivity index (χ2n) is 9.37. The van der Waals surface area contributed by atoms with Gasteiger partial charge in [0.2, 0.25) is 0 Å². The molecule has 2 radical (unpaired) electrons. The van der Waals surface area contributed by atoms with E-state index in [2.05, 4.69) is 0 Å². The van der Waals surface area contributed by atoms with E-state index in [-0.39, 0.29) is 31.9 Å². The quantitative estimate of drug-likeness (QED) is 0.319. The number of nitrogens with zero attached hydrogens (tertiary/aromatic N) is 1. The fourth-order valence-corrected chi connectivity index (χ4v) is 6.76. The van der Waals surface area contributed by atoms with E-state index in [0.29, 0.717) is 12.8 Å². The average molecular weight is 496 g/mol. The molecule has 2 fully saturated rings. The second-order valence-corrected chi connectivity index (χ2v) is 11.6. The molecule has 3 nitrogen and oxygen atoms in total. The van der Waals surface area contributed by atoms with Crippen molar-refractivity contribution in [2.45, 2.75) is 54.7 Å². The molecule has 1 spiro atoms. The van der Waals surface area contributed by atoms with Gasteiger partial charge < -0.3 is 0 Å². The predicted octanol–water partition coefficient (Wildman–Crippen LogP) is 6.22. The third-order valence-corrected chi connectivity index (χ3v) is 8.94. The molecule has 0 bridgehead atoms. The SMILES string of the molecule is [B]C(C)(F)c1ccc(S(=O)(=O)n2cc(C3(F)CC(F)(F)CC34CC4)c3c(Cl)cccc32)cc1. The Kier molecular flexibility index (Phi) is 4.68. The molecule has 2 atom stereocenters. The molecule has 33 heavy (non-hydrogen) atoms. The number of benzene rings is 2. The summed E-state index contributed by atoms with van der Waals surface area (Å²) in [5, 5.41) is 0.176. The van der Waals surface area contributed by atoms with Crippen LogP contribution in [-0.2, 0) is 21.3 Å². The number of aromatic nitrogens is 1. The number of alkyl halides is 4. The fraction of sp³-hybridized carbons (Fsp3) is 0.391. The number of fused-ring (bicyclic) bond motifs is 1. The van der Waals surface area contributed by atoms with Gasteiger partial charge in [-0.15, -0.1) is 0 Å². The first-order valence-electron chi connectivity index (χ1n) is 10.4. The normalized spacial score (nSPS) is 25.4. The lowest BCUT2D eigenvalue weighted by Gasteiger charge is -2.26. The van der Waals surface area contributed by atoms with Crippen molar-refractivity contribution < 1.29 is 26.0 Å². The van der Waals surface area contributed by atoms with E-state index in [1.807, 2.05) is 0 Å². The van der Waals surface area contributed by atoms with Crippen molar-refractivity contribution in [2.75, 3.05) is 0 Å².